The number of nitrogens with two attached hydrogens (primary N) is 1. The first-order chi connectivity index (χ1) is 8.58. The second-order valence-electron chi connectivity index (χ2n) is 4.32. The summed E-state index contributed by atoms with van der Waals surface area (Å²) in [7, 11) is 0. The molecule has 0 aliphatic heterocycles. The summed E-state index contributed by atoms with van der Waals surface area (Å²) in [5.41, 5.74) is 7.10. The summed E-state index contributed by atoms with van der Waals surface area (Å²) in [5.74, 6) is -0.467. The van der Waals surface area contributed by atoms with E-state index in [9.17, 15) is 9.59 Å². The Morgan fingerprint density at radius 1 is 1.56 bits per heavy atom. The quantitative estimate of drug-likeness (QED) is 0.753. The van der Waals surface area contributed by atoms with E-state index in [1.54, 1.807) is 18.2 Å². The number of rotatable bonds is 4. The maximum Gasteiger partial charge on any atom is 0.417 e. The molecule has 2 aromatic rings. The Morgan fingerprint density at radius 3 is 3.06 bits per heavy atom. The van der Waals surface area contributed by atoms with Gasteiger partial charge in [-0.1, -0.05) is 6.92 Å². The molecular weight excluding hydrogens is 234 g/mol. The number of benzene rings is 1. The van der Waals surface area contributed by atoms with E-state index in [1.165, 1.54) is 0 Å². The summed E-state index contributed by atoms with van der Waals surface area (Å²) in [6.07, 6.45) is 0.371. The van der Waals surface area contributed by atoms with Crippen LogP contribution in [-0.4, -0.2) is 17.4 Å². The number of nitrogens with one attached hydrogen (secondary N) is 2. The van der Waals surface area contributed by atoms with Crippen molar-refractivity contribution in [2.75, 3.05) is 11.9 Å². The number of fused-ring (bicyclic) bond motifs is 1. The Hall–Kier alpha value is -2.08. The van der Waals surface area contributed by atoms with Crippen molar-refractivity contribution in [1.82, 2.24) is 4.98 Å². The number of carbonyl (C=O) groups is 1. The SMILES string of the molecule is CC(CN)CC(=O)Nc1ccc2oc(=O)[nH]c2c1. The van der Waals surface area contributed by atoms with Gasteiger partial charge in [0.2, 0.25) is 5.91 Å². The second-order valence-corrected chi connectivity index (χ2v) is 4.32. The van der Waals surface area contributed by atoms with Gasteiger partial charge in [0.1, 0.15) is 0 Å². The topological polar surface area (TPSA) is 101 Å². The van der Waals surface area contributed by atoms with E-state index in [4.69, 9.17) is 10.2 Å². The van der Waals surface area contributed by atoms with Crippen molar-refractivity contribution in [3.05, 3.63) is 28.7 Å². The lowest BCUT2D eigenvalue weighted by molar-refractivity contribution is -0.116. The highest BCUT2D eigenvalue weighted by atomic mass is 16.4. The van der Waals surface area contributed by atoms with Crippen molar-refractivity contribution in [2.24, 2.45) is 11.7 Å². The molecule has 0 aliphatic carbocycles. The number of hydrogen-bond acceptors (Lipinski definition) is 4. The Balaban J connectivity index is 2.11. The van der Waals surface area contributed by atoms with Crippen molar-refractivity contribution in [1.29, 1.82) is 0 Å². The molecule has 1 unspecified atom stereocenters. The average molecular weight is 249 g/mol. The predicted octanol–water partition coefficient (Wildman–Crippen LogP) is 1.04. The van der Waals surface area contributed by atoms with E-state index >= 15 is 0 Å². The largest absolute Gasteiger partial charge is 0.417 e. The number of aromatic amines is 1. The molecule has 96 valence electrons. The van der Waals surface area contributed by atoms with Gasteiger partial charge in [-0.15, -0.1) is 0 Å². The highest BCUT2D eigenvalue weighted by molar-refractivity contribution is 5.92. The van der Waals surface area contributed by atoms with E-state index in [0.29, 0.717) is 29.8 Å². The van der Waals surface area contributed by atoms with Crippen LogP contribution in [0, 0.1) is 5.92 Å². The van der Waals surface area contributed by atoms with Crippen LogP contribution in [0.2, 0.25) is 0 Å². The lowest BCUT2D eigenvalue weighted by Crippen LogP contribution is -2.20. The molecular formula is C12H15N3O3. The van der Waals surface area contributed by atoms with Gasteiger partial charge in [0, 0.05) is 12.1 Å². The Kier molecular flexibility index (Phi) is 3.47. The Bertz CT molecular complexity index is 614. The van der Waals surface area contributed by atoms with Crippen molar-refractivity contribution in [3.8, 4) is 0 Å². The molecule has 0 spiro atoms. The molecule has 0 radical (unpaired) electrons. The number of oxazole rings is 1. The lowest BCUT2D eigenvalue weighted by atomic mass is 10.1. The number of carbonyl (C=O) groups excluding carboxylic acids is 1. The number of amides is 1. The van der Waals surface area contributed by atoms with Crippen LogP contribution < -0.4 is 16.8 Å². The molecule has 0 aliphatic rings. The van der Waals surface area contributed by atoms with Gasteiger partial charge in [0.15, 0.2) is 5.58 Å². The van der Waals surface area contributed by atoms with Crippen LogP contribution in [0.5, 0.6) is 0 Å². The fourth-order valence-corrected chi connectivity index (χ4v) is 1.64. The molecule has 6 heteroatoms. The maximum absolute atomic E-state index is 11.7. The van der Waals surface area contributed by atoms with Gasteiger partial charge in [-0.3, -0.25) is 9.78 Å². The first-order valence-electron chi connectivity index (χ1n) is 5.71. The zero-order valence-electron chi connectivity index (χ0n) is 10.0. The third-order valence-corrected chi connectivity index (χ3v) is 2.64. The van der Waals surface area contributed by atoms with Gasteiger partial charge < -0.3 is 15.5 Å². The van der Waals surface area contributed by atoms with Crippen LogP contribution >= 0.6 is 0 Å². The summed E-state index contributed by atoms with van der Waals surface area (Å²) < 4.78 is 4.87. The van der Waals surface area contributed by atoms with Crippen LogP contribution in [0.15, 0.2) is 27.4 Å². The third kappa shape index (κ3) is 2.78. The number of anilines is 1. The summed E-state index contributed by atoms with van der Waals surface area (Å²) >= 11 is 0. The minimum absolute atomic E-state index is 0.0989. The molecule has 1 aromatic carbocycles. The molecule has 1 heterocycles. The first kappa shape index (κ1) is 12.4. The normalized spacial score (nSPS) is 12.6. The summed E-state index contributed by atoms with van der Waals surface area (Å²) in [6.45, 7) is 2.39. The Morgan fingerprint density at radius 2 is 2.33 bits per heavy atom. The van der Waals surface area contributed by atoms with E-state index in [2.05, 4.69) is 10.3 Å². The summed E-state index contributed by atoms with van der Waals surface area (Å²) in [6, 6.07) is 4.98. The zero-order chi connectivity index (χ0) is 13.1. The standard InChI is InChI=1S/C12H15N3O3/c1-7(6-13)4-11(16)14-8-2-3-10-9(5-8)15-12(17)18-10/h2-3,5,7H,4,6,13H2,1H3,(H,14,16)(H,15,17). The number of aromatic nitrogens is 1. The van der Waals surface area contributed by atoms with E-state index in [0.717, 1.165) is 0 Å². The van der Waals surface area contributed by atoms with Crippen LogP contribution in [-0.2, 0) is 4.79 Å². The highest BCUT2D eigenvalue weighted by Gasteiger charge is 2.09. The molecule has 1 amide bonds. The molecule has 0 saturated carbocycles. The molecule has 1 aromatic heterocycles. The molecule has 2 rings (SSSR count). The van der Waals surface area contributed by atoms with Gasteiger partial charge in [0.05, 0.1) is 5.52 Å². The monoisotopic (exact) mass is 249 g/mol. The van der Waals surface area contributed by atoms with E-state index < -0.39 is 5.76 Å². The smallest absolute Gasteiger partial charge is 0.408 e. The molecule has 0 fully saturated rings. The fraction of sp³-hybridized carbons (Fsp3) is 0.333. The van der Waals surface area contributed by atoms with Crippen molar-refractivity contribution in [3.63, 3.8) is 0 Å². The van der Waals surface area contributed by atoms with Crippen LogP contribution in [0.3, 0.4) is 0 Å². The third-order valence-electron chi connectivity index (χ3n) is 2.64. The number of H-pyrrole nitrogens is 1. The summed E-state index contributed by atoms with van der Waals surface area (Å²) in [5, 5.41) is 2.75. The molecule has 0 saturated heterocycles. The van der Waals surface area contributed by atoms with Crippen LogP contribution in [0.1, 0.15) is 13.3 Å². The van der Waals surface area contributed by atoms with Crippen molar-refractivity contribution >= 4 is 22.7 Å². The highest BCUT2D eigenvalue weighted by Crippen LogP contribution is 2.16. The fourth-order valence-electron chi connectivity index (χ4n) is 1.64. The average Bonchev–Trinajstić information content (AvgIpc) is 2.68. The van der Waals surface area contributed by atoms with Gasteiger partial charge >= 0.3 is 5.76 Å². The van der Waals surface area contributed by atoms with Gasteiger partial charge in [-0.2, -0.15) is 0 Å². The van der Waals surface area contributed by atoms with Gasteiger partial charge in [-0.05, 0) is 30.7 Å². The number of hydrogen-bond donors (Lipinski definition) is 3. The molecule has 18 heavy (non-hydrogen) atoms. The predicted molar refractivity (Wildman–Crippen MR) is 68.3 cm³/mol. The molecule has 6 nitrogen and oxygen atoms in total. The van der Waals surface area contributed by atoms with Crippen LogP contribution in [0.25, 0.3) is 11.1 Å². The molecule has 1 atom stereocenters. The minimum atomic E-state index is -0.509. The maximum atomic E-state index is 11.7. The van der Waals surface area contributed by atoms with E-state index in [1.807, 2.05) is 6.92 Å². The zero-order valence-corrected chi connectivity index (χ0v) is 10.0. The van der Waals surface area contributed by atoms with E-state index in [-0.39, 0.29) is 11.8 Å². The molecule has 4 N–H and O–H groups in total. The Labute approximate surface area is 103 Å². The van der Waals surface area contributed by atoms with Crippen molar-refractivity contribution in [2.45, 2.75) is 13.3 Å². The molecule has 0 bridgehead atoms. The van der Waals surface area contributed by atoms with Crippen molar-refractivity contribution < 1.29 is 9.21 Å². The first-order valence-corrected chi connectivity index (χ1v) is 5.71. The second kappa shape index (κ2) is 5.05. The van der Waals surface area contributed by atoms with Gasteiger partial charge in [-0.25, -0.2) is 4.79 Å². The van der Waals surface area contributed by atoms with Gasteiger partial charge in [0.25, 0.3) is 0 Å². The van der Waals surface area contributed by atoms with Crippen LogP contribution in [0.4, 0.5) is 5.69 Å². The minimum Gasteiger partial charge on any atom is -0.408 e. The summed E-state index contributed by atoms with van der Waals surface area (Å²) in [4.78, 5) is 25.2. The lowest BCUT2D eigenvalue weighted by Gasteiger charge is -2.08.